The van der Waals surface area contributed by atoms with Crippen LogP contribution >= 0.6 is 15.9 Å². The number of anilines is 1. The Bertz CT molecular complexity index is 564. The quantitative estimate of drug-likeness (QED) is 0.874. The highest BCUT2D eigenvalue weighted by Gasteiger charge is 2.03. The summed E-state index contributed by atoms with van der Waals surface area (Å²) >= 11 is 3.42. The van der Waals surface area contributed by atoms with E-state index in [9.17, 15) is 4.79 Å². The van der Waals surface area contributed by atoms with Crippen LogP contribution in [0.25, 0.3) is 0 Å². The number of carbonyl (C=O) groups excluding carboxylic acids is 1. The molecule has 1 amide bonds. The standard InChI is InChI=1S/C16H17BrN2O/c1-2-18-16(20)13-5-9-15(10-6-13)19-11-12-3-7-14(17)8-4-12/h3-10,19H,2,11H2,1H3,(H,18,20). The van der Waals surface area contributed by atoms with Crippen LogP contribution in [0, 0.1) is 0 Å². The van der Waals surface area contributed by atoms with Crippen molar-refractivity contribution in [2.45, 2.75) is 13.5 Å². The molecule has 0 radical (unpaired) electrons. The van der Waals surface area contributed by atoms with E-state index < -0.39 is 0 Å². The van der Waals surface area contributed by atoms with Gasteiger partial charge in [0.1, 0.15) is 0 Å². The van der Waals surface area contributed by atoms with E-state index >= 15 is 0 Å². The number of carbonyl (C=O) groups is 1. The van der Waals surface area contributed by atoms with Crippen LogP contribution in [0.5, 0.6) is 0 Å². The maximum Gasteiger partial charge on any atom is 0.251 e. The molecule has 2 rings (SSSR count). The third-order valence-electron chi connectivity index (χ3n) is 2.89. The van der Waals surface area contributed by atoms with E-state index in [1.54, 1.807) is 0 Å². The first-order valence-corrected chi connectivity index (χ1v) is 7.35. The number of rotatable bonds is 5. The lowest BCUT2D eigenvalue weighted by molar-refractivity contribution is 0.0956. The van der Waals surface area contributed by atoms with Crippen LogP contribution < -0.4 is 10.6 Å². The average Bonchev–Trinajstić information content (AvgIpc) is 2.47. The van der Waals surface area contributed by atoms with Crippen LogP contribution in [-0.4, -0.2) is 12.5 Å². The van der Waals surface area contributed by atoms with Crippen molar-refractivity contribution in [1.82, 2.24) is 5.32 Å². The van der Waals surface area contributed by atoms with E-state index in [0.29, 0.717) is 12.1 Å². The second-order valence-electron chi connectivity index (χ2n) is 4.42. The first-order chi connectivity index (χ1) is 9.69. The molecule has 0 aliphatic carbocycles. The molecule has 0 bridgehead atoms. The smallest absolute Gasteiger partial charge is 0.251 e. The van der Waals surface area contributed by atoms with Gasteiger partial charge in [0.05, 0.1) is 0 Å². The molecule has 0 fully saturated rings. The van der Waals surface area contributed by atoms with Crippen molar-refractivity contribution in [3.63, 3.8) is 0 Å². The number of nitrogens with one attached hydrogen (secondary N) is 2. The minimum atomic E-state index is -0.0352. The normalized spacial score (nSPS) is 10.1. The van der Waals surface area contributed by atoms with E-state index in [4.69, 9.17) is 0 Å². The summed E-state index contributed by atoms with van der Waals surface area (Å²) < 4.78 is 1.08. The summed E-state index contributed by atoms with van der Waals surface area (Å²) in [7, 11) is 0. The molecule has 4 heteroatoms. The molecular formula is C16H17BrN2O. The van der Waals surface area contributed by atoms with Crippen LogP contribution in [0.3, 0.4) is 0 Å². The monoisotopic (exact) mass is 332 g/mol. The van der Waals surface area contributed by atoms with Gasteiger partial charge in [-0.1, -0.05) is 28.1 Å². The maximum atomic E-state index is 11.6. The summed E-state index contributed by atoms with van der Waals surface area (Å²) in [6.45, 7) is 3.31. The summed E-state index contributed by atoms with van der Waals surface area (Å²) in [5.74, 6) is -0.0352. The molecule has 104 valence electrons. The van der Waals surface area contributed by atoms with E-state index in [0.717, 1.165) is 16.7 Å². The van der Waals surface area contributed by atoms with Crippen molar-refractivity contribution in [3.05, 3.63) is 64.1 Å². The fraction of sp³-hybridized carbons (Fsp3) is 0.188. The van der Waals surface area contributed by atoms with Crippen LogP contribution in [0.4, 0.5) is 5.69 Å². The number of benzene rings is 2. The lowest BCUT2D eigenvalue weighted by Crippen LogP contribution is -2.22. The fourth-order valence-electron chi connectivity index (χ4n) is 1.81. The summed E-state index contributed by atoms with van der Waals surface area (Å²) in [5, 5.41) is 6.11. The average molecular weight is 333 g/mol. The molecule has 0 unspecified atom stereocenters. The van der Waals surface area contributed by atoms with Gasteiger partial charge in [0.2, 0.25) is 0 Å². The number of hydrogen-bond donors (Lipinski definition) is 2. The molecule has 0 atom stereocenters. The van der Waals surface area contributed by atoms with Gasteiger partial charge >= 0.3 is 0 Å². The van der Waals surface area contributed by atoms with Gasteiger partial charge in [0.15, 0.2) is 0 Å². The van der Waals surface area contributed by atoms with Crippen molar-refractivity contribution < 1.29 is 4.79 Å². The Morgan fingerprint density at radius 2 is 1.70 bits per heavy atom. The second-order valence-corrected chi connectivity index (χ2v) is 5.33. The number of halogens is 1. The van der Waals surface area contributed by atoms with Gasteiger partial charge in [-0.2, -0.15) is 0 Å². The van der Waals surface area contributed by atoms with Gasteiger partial charge in [-0.15, -0.1) is 0 Å². The summed E-state index contributed by atoms with van der Waals surface area (Å²) in [4.78, 5) is 11.6. The number of hydrogen-bond acceptors (Lipinski definition) is 2. The second kappa shape index (κ2) is 7.10. The largest absolute Gasteiger partial charge is 0.381 e. The minimum Gasteiger partial charge on any atom is -0.381 e. The Labute approximate surface area is 127 Å². The SMILES string of the molecule is CCNC(=O)c1ccc(NCc2ccc(Br)cc2)cc1. The highest BCUT2D eigenvalue weighted by atomic mass is 79.9. The van der Waals surface area contributed by atoms with Crippen LogP contribution in [0.2, 0.25) is 0 Å². The molecule has 0 aliphatic heterocycles. The molecule has 0 saturated heterocycles. The lowest BCUT2D eigenvalue weighted by Gasteiger charge is -2.08. The van der Waals surface area contributed by atoms with Gasteiger partial charge in [-0.25, -0.2) is 0 Å². The van der Waals surface area contributed by atoms with Crippen molar-refractivity contribution in [2.75, 3.05) is 11.9 Å². The topological polar surface area (TPSA) is 41.1 Å². The molecule has 0 aliphatic rings. The third-order valence-corrected chi connectivity index (χ3v) is 3.42. The third kappa shape index (κ3) is 4.10. The van der Waals surface area contributed by atoms with Gasteiger partial charge in [-0.3, -0.25) is 4.79 Å². The van der Waals surface area contributed by atoms with Crippen molar-refractivity contribution in [1.29, 1.82) is 0 Å². The summed E-state index contributed by atoms with van der Waals surface area (Å²) in [5.41, 5.74) is 2.89. The highest BCUT2D eigenvalue weighted by molar-refractivity contribution is 9.10. The van der Waals surface area contributed by atoms with Crippen LogP contribution in [-0.2, 0) is 6.54 Å². The van der Waals surface area contributed by atoms with Gasteiger partial charge in [-0.05, 0) is 48.9 Å². The van der Waals surface area contributed by atoms with Crippen LogP contribution in [0.1, 0.15) is 22.8 Å². The van der Waals surface area contributed by atoms with E-state index in [2.05, 4.69) is 38.7 Å². The summed E-state index contributed by atoms with van der Waals surface area (Å²) in [6.07, 6.45) is 0. The molecular weight excluding hydrogens is 316 g/mol. The fourth-order valence-corrected chi connectivity index (χ4v) is 2.07. The zero-order valence-electron chi connectivity index (χ0n) is 11.3. The number of amides is 1. The molecule has 20 heavy (non-hydrogen) atoms. The van der Waals surface area contributed by atoms with Gasteiger partial charge in [0.25, 0.3) is 5.91 Å². The Kier molecular flexibility index (Phi) is 5.18. The minimum absolute atomic E-state index is 0.0352. The molecule has 0 heterocycles. The molecule has 2 aromatic rings. The van der Waals surface area contributed by atoms with E-state index in [1.165, 1.54) is 5.56 Å². The Balaban J connectivity index is 1.93. The molecule has 2 N–H and O–H groups in total. The first-order valence-electron chi connectivity index (χ1n) is 6.55. The molecule has 3 nitrogen and oxygen atoms in total. The predicted octanol–water partition coefficient (Wildman–Crippen LogP) is 3.81. The van der Waals surface area contributed by atoms with E-state index in [1.807, 2.05) is 43.3 Å². The van der Waals surface area contributed by atoms with Gasteiger partial charge in [0, 0.05) is 28.8 Å². The van der Waals surface area contributed by atoms with Crippen molar-refractivity contribution >= 4 is 27.5 Å². The molecule has 0 aromatic heterocycles. The Morgan fingerprint density at radius 1 is 1.05 bits per heavy atom. The van der Waals surface area contributed by atoms with Gasteiger partial charge < -0.3 is 10.6 Å². The summed E-state index contributed by atoms with van der Waals surface area (Å²) in [6, 6.07) is 15.7. The lowest BCUT2D eigenvalue weighted by atomic mass is 10.2. The Hall–Kier alpha value is -1.81. The Morgan fingerprint density at radius 3 is 2.30 bits per heavy atom. The zero-order valence-corrected chi connectivity index (χ0v) is 12.9. The first kappa shape index (κ1) is 14.6. The molecule has 2 aromatic carbocycles. The van der Waals surface area contributed by atoms with E-state index in [-0.39, 0.29) is 5.91 Å². The van der Waals surface area contributed by atoms with Crippen molar-refractivity contribution in [2.24, 2.45) is 0 Å². The zero-order chi connectivity index (χ0) is 14.4. The molecule has 0 saturated carbocycles. The van der Waals surface area contributed by atoms with Crippen molar-refractivity contribution in [3.8, 4) is 0 Å². The molecule has 0 spiro atoms. The highest BCUT2D eigenvalue weighted by Crippen LogP contribution is 2.14. The maximum absolute atomic E-state index is 11.6. The van der Waals surface area contributed by atoms with Crippen LogP contribution in [0.15, 0.2) is 53.0 Å². The predicted molar refractivity (Wildman–Crippen MR) is 85.9 cm³/mol.